The molecule has 0 aromatic heterocycles. The molecule has 1 atom stereocenters. The van der Waals surface area contributed by atoms with Crippen LogP contribution in [-0.2, 0) is 11.1 Å². The van der Waals surface area contributed by atoms with Gasteiger partial charge in [-0.3, -0.25) is 4.21 Å². The second-order valence-electron chi connectivity index (χ2n) is 2.25. The van der Waals surface area contributed by atoms with Crippen LogP contribution in [-0.4, -0.2) is 14.3 Å². The Kier molecular flexibility index (Phi) is 6.46. The SMILES string of the molecule is O=S([O-])c1ccc(SC(F)(F)F)cc1.[Na+]. The Morgan fingerprint density at radius 2 is 1.67 bits per heavy atom. The molecule has 1 aromatic rings. The van der Waals surface area contributed by atoms with Crippen LogP contribution in [0.3, 0.4) is 0 Å². The monoisotopic (exact) mass is 264 g/mol. The van der Waals surface area contributed by atoms with E-state index in [0.717, 1.165) is 24.3 Å². The second-order valence-corrected chi connectivity index (χ2v) is 4.33. The van der Waals surface area contributed by atoms with Gasteiger partial charge in [0.05, 0.1) is 0 Å². The van der Waals surface area contributed by atoms with Crippen molar-refractivity contribution in [3.8, 4) is 0 Å². The summed E-state index contributed by atoms with van der Waals surface area (Å²) in [5, 5.41) is 0. The van der Waals surface area contributed by atoms with Crippen molar-refractivity contribution in [1.29, 1.82) is 0 Å². The molecule has 0 spiro atoms. The Balaban J connectivity index is 0.00000196. The first-order valence-electron chi connectivity index (χ1n) is 3.33. The van der Waals surface area contributed by atoms with Gasteiger partial charge in [-0.05, 0) is 47.1 Å². The van der Waals surface area contributed by atoms with E-state index in [1.807, 2.05) is 0 Å². The molecular formula is C7H4F3NaO2S2. The smallest absolute Gasteiger partial charge is 0.768 e. The van der Waals surface area contributed by atoms with Crippen LogP contribution in [0.4, 0.5) is 13.2 Å². The minimum atomic E-state index is -4.35. The molecule has 0 saturated heterocycles. The van der Waals surface area contributed by atoms with E-state index in [1.54, 1.807) is 0 Å². The Morgan fingerprint density at radius 1 is 1.20 bits per heavy atom. The third-order valence-corrected chi connectivity index (χ3v) is 2.65. The maximum atomic E-state index is 11.8. The van der Waals surface area contributed by atoms with Crippen molar-refractivity contribution in [3.63, 3.8) is 0 Å². The molecule has 1 aromatic carbocycles. The summed E-state index contributed by atoms with van der Waals surface area (Å²) < 4.78 is 56.3. The van der Waals surface area contributed by atoms with Gasteiger partial charge in [-0.1, -0.05) is 0 Å². The van der Waals surface area contributed by atoms with E-state index in [9.17, 15) is 21.9 Å². The molecule has 0 radical (unpaired) electrons. The first-order chi connectivity index (χ1) is 6.38. The van der Waals surface area contributed by atoms with E-state index in [4.69, 9.17) is 0 Å². The van der Waals surface area contributed by atoms with Gasteiger partial charge in [-0.25, -0.2) is 0 Å². The molecule has 1 rings (SSSR count). The molecule has 0 saturated carbocycles. The van der Waals surface area contributed by atoms with Crippen molar-refractivity contribution < 1.29 is 51.5 Å². The van der Waals surface area contributed by atoms with E-state index < -0.39 is 16.6 Å². The first-order valence-corrected chi connectivity index (χ1v) is 5.23. The third-order valence-electron chi connectivity index (χ3n) is 1.25. The van der Waals surface area contributed by atoms with Crippen molar-refractivity contribution in [2.24, 2.45) is 0 Å². The maximum Gasteiger partial charge on any atom is 1.00 e. The summed E-state index contributed by atoms with van der Waals surface area (Å²) >= 11 is -2.68. The number of halogens is 3. The summed E-state index contributed by atoms with van der Waals surface area (Å²) in [5.41, 5.74) is -4.35. The van der Waals surface area contributed by atoms with Crippen LogP contribution in [0.15, 0.2) is 34.1 Å². The summed E-state index contributed by atoms with van der Waals surface area (Å²) in [6, 6.07) is 4.47. The van der Waals surface area contributed by atoms with Crippen LogP contribution in [0.1, 0.15) is 0 Å². The van der Waals surface area contributed by atoms with Crippen LogP contribution in [0.5, 0.6) is 0 Å². The Bertz CT molecular complexity index is 339. The van der Waals surface area contributed by atoms with Crippen molar-refractivity contribution in [2.75, 3.05) is 0 Å². The molecule has 0 aliphatic rings. The van der Waals surface area contributed by atoms with Gasteiger partial charge in [0.25, 0.3) is 0 Å². The molecule has 0 aliphatic carbocycles. The quantitative estimate of drug-likeness (QED) is 0.412. The van der Waals surface area contributed by atoms with Gasteiger partial charge in [0.2, 0.25) is 0 Å². The zero-order chi connectivity index (χ0) is 10.8. The average molecular weight is 264 g/mol. The molecule has 0 heterocycles. The van der Waals surface area contributed by atoms with Crippen LogP contribution in [0.2, 0.25) is 0 Å². The van der Waals surface area contributed by atoms with Gasteiger partial charge < -0.3 is 4.55 Å². The molecule has 15 heavy (non-hydrogen) atoms. The normalized spacial score (nSPS) is 13.1. The Hall–Kier alpha value is 0.470. The molecule has 2 nitrogen and oxygen atoms in total. The van der Waals surface area contributed by atoms with E-state index in [-0.39, 0.29) is 51.1 Å². The fourth-order valence-corrected chi connectivity index (χ4v) is 1.65. The van der Waals surface area contributed by atoms with Gasteiger partial charge in [0.15, 0.2) is 0 Å². The molecule has 78 valence electrons. The molecule has 0 amide bonds. The van der Waals surface area contributed by atoms with Crippen LogP contribution >= 0.6 is 11.8 Å². The molecule has 1 unspecified atom stereocenters. The van der Waals surface area contributed by atoms with E-state index in [2.05, 4.69) is 0 Å². The molecule has 0 bridgehead atoms. The number of rotatable bonds is 2. The van der Waals surface area contributed by atoms with Crippen molar-refractivity contribution in [3.05, 3.63) is 24.3 Å². The molecule has 8 heteroatoms. The zero-order valence-electron chi connectivity index (χ0n) is 7.58. The van der Waals surface area contributed by atoms with E-state index in [0.29, 0.717) is 0 Å². The van der Waals surface area contributed by atoms with Crippen molar-refractivity contribution in [2.45, 2.75) is 15.3 Å². The van der Waals surface area contributed by atoms with E-state index >= 15 is 0 Å². The zero-order valence-corrected chi connectivity index (χ0v) is 11.2. The number of hydrogen-bond donors (Lipinski definition) is 0. The average Bonchev–Trinajstić information content (AvgIpc) is 2.02. The van der Waals surface area contributed by atoms with Crippen molar-refractivity contribution >= 4 is 22.8 Å². The second kappa shape index (κ2) is 6.27. The summed E-state index contributed by atoms with van der Waals surface area (Å²) in [6.07, 6.45) is 0. The Labute approximate surface area is 113 Å². The number of alkyl halides is 3. The molecular weight excluding hydrogens is 260 g/mol. The third kappa shape index (κ3) is 5.94. The summed E-state index contributed by atoms with van der Waals surface area (Å²) in [4.78, 5) is -0.0665. The van der Waals surface area contributed by atoms with Gasteiger partial charge in [0.1, 0.15) is 0 Å². The summed E-state index contributed by atoms with van der Waals surface area (Å²) in [7, 11) is 0. The molecule has 0 N–H and O–H groups in total. The Morgan fingerprint density at radius 3 is 2.00 bits per heavy atom. The fourth-order valence-electron chi connectivity index (χ4n) is 0.752. The molecule has 0 aliphatic heterocycles. The van der Waals surface area contributed by atoms with Gasteiger partial charge >= 0.3 is 35.1 Å². The minimum Gasteiger partial charge on any atom is -0.768 e. The first kappa shape index (κ1) is 15.5. The maximum absolute atomic E-state index is 11.8. The van der Waals surface area contributed by atoms with Crippen LogP contribution in [0, 0.1) is 0 Å². The largest absolute Gasteiger partial charge is 1.00 e. The van der Waals surface area contributed by atoms with Crippen LogP contribution in [0.25, 0.3) is 0 Å². The summed E-state index contributed by atoms with van der Waals surface area (Å²) in [6.45, 7) is 0. The predicted molar refractivity (Wildman–Crippen MR) is 45.5 cm³/mol. The van der Waals surface area contributed by atoms with Crippen LogP contribution < -0.4 is 29.6 Å². The predicted octanol–water partition coefficient (Wildman–Crippen LogP) is -0.460. The van der Waals surface area contributed by atoms with Crippen molar-refractivity contribution in [1.82, 2.24) is 0 Å². The number of benzene rings is 1. The number of hydrogen-bond acceptors (Lipinski definition) is 3. The number of thioether (sulfide) groups is 1. The van der Waals surface area contributed by atoms with Gasteiger partial charge in [-0.15, -0.1) is 0 Å². The summed E-state index contributed by atoms with van der Waals surface area (Å²) in [5.74, 6) is 0. The molecule has 0 fully saturated rings. The minimum absolute atomic E-state index is 0. The van der Waals surface area contributed by atoms with Gasteiger partial charge in [0, 0.05) is 9.79 Å². The topological polar surface area (TPSA) is 40.1 Å². The standard InChI is InChI=1S/C7H5F3O2S2.Na/c8-7(9,10)13-5-1-3-6(4-2-5)14(11)12;/h1-4H,(H,11,12);/q;+1/p-1. The van der Waals surface area contributed by atoms with Gasteiger partial charge in [-0.2, -0.15) is 13.2 Å². The van der Waals surface area contributed by atoms with E-state index in [1.165, 1.54) is 0 Å². The fraction of sp³-hybridized carbons (Fsp3) is 0.143.